The Hall–Kier alpha value is -1.25. The van der Waals surface area contributed by atoms with Gasteiger partial charge in [0.1, 0.15) is 17.3 Å². The van der Waals surface area contributed by atoms with E-state index in [2.05, 4.69) is 6.08 Å². The third-order valence-electron chi connectivity index (χ3n) is 3.82. The molecule has 0 bridgehead atoms. The third-order valence-corrected chi connectivity index (χ3v) is 3.82. The zero-order valence-electron chi connectivity index (χ0n) is 14.3. The van der Waals surface area contributed by atoms with E-state index in [0.717, 1.165) is 25.7 Å². The van der Waals surface area contributed by atoms with Gasteiger partial charge in [-0.15, -0.1) is 0 Å². The average Bonchev–Trinajstić information content (AvgIpc) is 2.34. The molecule has 0 aromatic rings. The summed E-state index contributed by atoms with van der Waals surface area (Å²) in [5.41, 5.74) is 0.818. The van der Waals surface area contributed by atoms with E-state index in [4.69, 9.17) is 0 Å². The van der Waals surface area contributed by atoms with Crippen molar-refractivity contribution in [3.63, 3.8) is 0 Å². The maximum atomic E-state index is 12.3. The van der Waals surface area contributed by atoms with Crippen molar-refractivity contribution in [2.45, 2.75) is 79.6 Å². The predicted molar refractivity (Wildman–Crippen MR) is 86.2 cm³/mol. The topological polar surface area (TPSA) is 51.2 Å². The molecule has 0 fully saturated rings. The predicted octanol–water partition coefficient (Wildman–Crippen LogP) is 4.44. The second-order valence-corrected chi connectivity index (χ2v) is 6.65. The fraction of sp³-hybridized carbons (Fsp3) is 0.722. The lowest BCUT2D eigenvalue weighted by Crippen LogP contribution is -2.24. The molecule has 0 heterocycles. The second-order valence-electron chi connectivity index (χ2n) is 6.65. The Balaban J connectivity index is 4.15. The molecule has 0 aromatic heterocycles. The minimum Gasteiger partial charge on any atom is -0.300 e. The third kappa shape index (κ3) is 10.2. The fourth-order valence-electron chi connectivity index (χ4n) is 2.19. The molecule has 0 amide bonds. The average molecular weight is 294 g/mol. The van der Waals surface area contributed by atoms with Gasteiger partial charge in [0.05, 0.1) is 0 Å². The van der Waals surface area contributed by atoms with E-state index in [1.807, 2.05) is 20.8 Å². The van der Waals surface area contributed by atoms with E-state index >= 15 is 0 Å². The first-order chi connectivity index (χ1) is 9.65. The smallest absolute Gasteiger partial charge is 0.138 e. The van der Waals surface area contributed by atoms with E-state index in [1.54, 1.807) is 13.8 Å². The van der Waals surface area contributed by atoms with Crippen molar-refractivity contribution in [1.29, 1.82) is 0 Å². The molecule has 0 aliphatic heterocycles. The summed E-state index contributed by atoms with van der Waals surface area (Å²) in [4.78, 5) is 34.1. The monoisotopic (exact) mass is 294 g/mol. The molecule has 3 heteroatoms. The number of hydrogen-bond acceptors (Lipinski definition) is 3. The molecule has 21 heavy (non-hydrogen) atoms. The van der Waals surface area contributed by atoms with Gasteiger partial charge in [-0.25, -0.2) is 0 Å². The number of ketones is 3. The van der Waals surface area contributed by atoms with E-state index in [9.17, 15) is 14.4 Å². The van der Waals surface area contributed by atoms with Crippen LogP contribution in [0.25, 0.3) is 0 Å². The van der Waals surface area contributed by atoms with E-state index in [1.165, 1.54) is 5.57 Å². The number of carbonyl (C=O) groups is 3. The van der Waals surface area contributed by atoms with E-state index in [-0.39, 0.29) is 22.8 Å². The van der Waals surface area contributed by atoms with E-state index in [0.29, 0.717) is 19.3 Å². The number of allylic oxidation sites excluding steroid dienone is 2. The SMILES string of the molecule is CC(=O)CCC=C(C)CCC(=O)C(C)(C)CCCC(C)=O. The van der Waals surface area contributed by atoms with Crippen molar-refractivity contribution >= 4 is 17.3 Å². The van der Waals surface area contributed by atoms with Crippen LogP contribution in [-0.2, 0) is 14.4 Å². The molecule has 0 aromatic carbocycles. The van der Waals surface area contributed by atoms with Crippen molar-refractivity contribution < 1.29 is 14.4 Å². The summed E-state index contributed by atoms with van der Waals surface area (Å²) in [7, 11) is 0. The van der Waals surface area contributed by atoms with Crippen LogP contribution in [-0.4, -0.2) is 17.3 Å². The molecule has 0 N–H and O–H groups in total. The lowest BCUT2D eigenvalue weighted by atomic mass is 9.80. The molecule has 0 radical (unpaired) electrons. The molecule has 120 valence electrons. The van der Waals surface area contributed by atoms with Gasteiger partial charge in [-0.05, 0) is 46.5 Å². The Morgan fingerprint density at radius 3 is 1.95 bits per heavy atom. The molecule has 0 spiro atoms. The minimum absolute atomic E-state index is 0.183. The van der Waals surface area contributed by atoms with Gasteiger partial charge in [-0.2, -0.15) is 0 Å². The summed E-state index contributed by atoms with van der Waals surface area (Å²) in [5.74, 6) is 0.634. The van der Waals surface area contributed by atoms with Gasteiger partial charge in [0, 0.05) is 24.7 Å². The molecule has 0 unspecified atom stereocenters. The van der Waals surface area contributed by atoms with Gasteiger partial charge in [0.25, 0.3) is 0 Å². The number of Topliss-reactive ketones (excluding diaryl/α,β-unsaturated/α-hetero) is 3. The van der Waals surface area contributed by atoms with Crippen LogP contribution in [0.4, 0.5) is 0 Å². The zero-order valence-corrected chi connectivity index (χ0v) is 14.3. The molecule has 3 nitrogen and oxygen atoms in total. The van der Waals surface area contributed by atoms with Gasteiger partial charge >= 0.3 is 0 Å². The summed E-state index contributed by atoms with van der Waals surface area (Å²) in [6.45, 7) is 9.12. The highest BCUT2D eigenvalue weighted by Crippen LogP contribution is 2.27. The van der Waals surface area contributed by atoms with Crippen molar-refractivity contribution in [3.05, 3.63) is 11.6 Å². The van der Waals surface area contributed by atoms with Crippen molar-refractivity contribution in [1.82, 2.24) is 0 Å². The first kappa shape index (κ1) is 19.8. The number of carbonyl (C=O) groups excluding carboxylic acids is 3. The van der Waals surface area contributed by atoms with Crippen LogP contribution in [0, 0.1) is 5.41 Å². The molecule has 0 saturated carbocycles. The minimum atomic E-state index is -0.352. The van der Waals surface area contributed by atoms with Crippen LogP contribution in [0.3, 0.4) is 0 Å². The quantitative estimate of drug-likeness (QED) is 0.529. The molecular formula is C18H30O3. The summed E-state index contributed by atoms with van der Waals surface area (Å²) in [6.07, 6.45) is 6.78. The number of rotatable bonds is 11. The Kier molecular flexibility index (Phi) is 9.07. The molecule has 0 aliphatic rings. The Morgan fingerprint density at radius 1 is 0.857 bits per heavy atom. The standard InChI is InChI=1S/C18H30O3/c1-14(8-6-9-15(2)19)11-12-17(21)18(4,5)13-7-10-16(3)20/h8H,6-7,9-13H2,1-5H3. The second kappa shape index (κ2) is 9.64. The van der Waals surface area contributed by atoms with Gasteiger partial charge in [0.15, 0.2) is 0 Å². The van der Waals surface area contributed by atoms with Crippen LogP contribution in [0.5, 0.6) is 0 Å². The maximum Gasteiger partial charge on any atom is 0.138 e. The highest BCUT2D eigenvalue weighted by atomic mass is 16.1. The van der Waals surface area contributed by atoms with Gasteiger partial charge in [-0.1, -0.05) is 25.5 Å². The van der Waals surface area contributed by atoms with Crippen molar-refractivity contribution in [2.24, 2.45) is 5.41 Å². The first-order valence-corrected chi connectivity index (χ1v) is 7.83. The molecule has 0 rings (SSSR count). The first-order valence-electron chi connectivity index (χ1n) is 7.83. The summed E-state index contributed by atoms with van der Waals surface area (Å²) < 4.78 is 0. The van der Waals surface area contributed by atoms with Gasteiger partial charge in [0.2, 0.25) is 0 Å². The van der Waals surface area contributed by atoms with E-state index < -0.39 is 0 Å². The lowest BCUT2D eigenvalue weighted by Gasteiger charge is -2.23. The number of hydrogen-bond donors (Lipinski definition) is 0. The van der Waals surface area contributed by atoms with Crippen LogP contribution < -0.4 is 0 Å². The molecule has 0 atom stereocenters. The van der Waals surface area contributed by atoms with Gasteiger partial charge < -0.3 is 9.59 Å². The normalized spacial score (nSPS) is 12.3. The molecular weight excluding hydrogens is 264 g/mol. The van der Waals surface area contributed by atoms with Crippen LogP contribution in [0.2, 0.25) is 0 Å². The highest BCUT2D eigenvalue weighted by Gasteiger charge is 2.26. The highest BCUT2D eigenvalue weighted by molar-refractivity contribution is 5.84. The lowest BCUT2D eigenvalue weighted by molar-refractivity contribution is -0.128. The Bertz CT molecular complexity index is 403. The summed E-state index contributed by atoms with van der Waals surface area (Å²) in [5, 5.41) is 0. The van der Waals surface area contributed by atoms with Crippen LogP contribution in [0.1, 0.15) is 79.6 Å². The zero-order chi connectivity index (χ0) is 16.5. The fourth-order valence-corrected chi connectivity index (χ4v) is 2.19. The van der Waals surface area contributed by atoms with Gasteiger partial charge in [-0.3, -0.25) is 4.79 Å². The Morgan fingerprint density at radius 2 is 1.43 bits per heavy atom. The summed E-state index contributed by atoms with van der Waals surface area (Å²) >= 11 is 0. The Labute approximate surface area is 129 Å². The molecule has 0 saturated heterocycles. The largest absolute Gasteiger partial charge is 0.300 e. The van der Waals surface area contributed by atoms with Crippen LogP contribution >= 0.6 is 0 Å². The van der Waals surface area contributed by atoms with Crippen LogP contribution in [0.15, 0.2) is 11.6 Å². The maximum absolute atomic E-state index is 12.3. The summed E-state index contributed by atoms with van der Waals surface area (Å²) in [6, 6.07) is 0. The van der Waals surface area contributed by atoms with Crippen molar-refractivity contribution in [3.8, 4) is 0 Å². The molecule has 0 aliphatic carbocycles. The van der Waals surface area contributed by atoms with Crippen molar-refractivity contribution in [2.75, 3.05) is 0 Å².